The van der Waals surface area contributed by atoms with Crippen LogP contribution in [0, 0.1) is 6.92 Å². The molecule has 2 atom stereocenters. The quantitative estimate of drug-likeness (QED) is 0.707. The molecule has 0 saturated carbocycles. The molecule has 1 nitrogen and oxygen atoms in total. The second kappa shape index (κ2) is 3.95. The summed E-state index contributed by atoms with van der Waals surface area (Å²) in [6, 6.07) is 6.40. The summed E-state index contributed by atoms with van der Waals surface area (Å²) in [5, 5.41) is 10.6. The van der Waals surface area contributed by atoms with Gasteiger partial charge in [-0.2, -0.15) is 11.8 Å². The maximum Gasteiger partial charge on any atom is 0.0803 e. The Morgan fingerprint density at radius 3 is 3.00 bits per heavy atom. The summed E-state index contributed by atoms with van der Waals surface area (Å²) in [6.45, 7) is 4.26. The van der Waals surface area contributed by atoms with Crippen LogP contribution in [0.25, 0.3) is 0 Å². The SMILES string of the molecule is Cc1ccc2c(c1)C(O)CC(C)SC2. The Bertz CT molecular complexity index is 335. The molecule has 0 saturated heterocycles. The minimum Gasteiger partial charge on any atom is -0.388 e. The summed E-state index contributed by atoms with van der Waals surface area (Å²) in [4.78, 5) is 0. The fourth-order valence-electron chi connectivity index (χ4n) is 1.90. The fraction of sp³-hybridized carbons (Fsp3) is 0.500. The first kappa shape index (κ1) is 10.1. The molecule has 1 aliphatic heterocycles. The molecule has 1 N–H and O–H groups in total. The van der Waals surface area contributed by atoms with E-state index in [0.29, 0.717) is 5.25 Å². The van der Waals surface area contributed by atoms with Crippen LogP contribution in [0.1, 0.15) is 36.1 Å². The van der Waals surface area contributed by atoms with Crippen molar-refractivity contribution in [2.75, 3.05) is 0 Å². The highest BCUT2D eigenvalue weighted by atomic mass is 32.2. The van der Waals surface area contributed by atoms with Crippen molar-refractivity contribution in [2.24, 2.45) is 0 Å². The van der Waals surface area contributed by atoms with E-state index in [9.17, 15) is 5.11 Å². The molecule has 0 spiro atoms. The molecule has 14 heavy (non-hydrogen) atoms. The first-order valence-electron chi connectivity index (χ1n) is 5.06. The van der Waals surface area contributed by atoms with E-state index in [0.717, 1.165) is 17.7 Å². The van der Waals surface area contributed by atoms with E-state index < -0.39 is 0 Å². The van der Waals surface area contributed by atoms with Gasteiger partial charge in [0.25, 0.3) is 0 Å². The highest BCUT2D eigenvalue weighted by Gasteiger charge is 2.20. The summed E-state index contributed by atoms with van der Waals surface area (Å²) in [5.41, 5.74) is 3.68. The molecule has 76 valence electrons. The van der Waals surface area contributed by atoms with Gasteiger partial charge in [0.2, 0.25) is 0 Å². The number of rotatable bonds is 0. The second-order valence-electron chi connectivity index (χ2n) is 4.08. The summed E-state index contributed by atoms with van der Waals surface area (Å²) < 4.78 is 0. The number of thioether (sulfide) groups is 1. The number of aryl methyl sites for hydroxylation is 1. The molecule has 1 aromatic rings. The third kappa shape index (κ3) is 1.96. The fourth-order valence-corrected chi connectivity index (χ4v) is 2.94. The van der Waals surface area contributed by atoms with Gasteiger partial charge in [-0.25, -0.2) is 0 Å². The topological polar surface area (TPSA) is 20.2 Å². The molecule has 0 fully saturated rings. The Labute approximate surface area is 89.5 Å². The van der Waals surface area contributed by atoms with Crippen molar-refractivity contribution < 1.29 is 5.11 Å². The van der Waals surface area contributed by atoms with E-state index in [1.54, 1.807) is 0 Å². The van der Waals surface area contributed by atoms with Crippen molar-refractivity contribution in [2.45, 2.75) is 37.4 Å². The lowest BCUT2D eigenvalue weighted by molar-refractivity contribution is 0.168. The zero-order valence-corrected chi connectivity index (χ0v) is 9.47. The van der Waals surface area contributed by atoms with Gasteiger partial charge in [0, 0.05) is 11.0 Å². The van der Waals surface area contributed by atoms with Gasteiger partial charge in [0.15, 0.2) is 0 Å². The van der Waals surface area contributed by atoms with Crippen LogP contribution in [0.2, 0.25) is 0 Å². The first-order chi connectivity index (χ1) is 6.66. The molecule has 1 aromatic carbocycles. The zero-order chi connectivity index (χ0) is 10.1. The van der Waals surface area contributed by atoms with Gasteiger partial charge >= 0.3 is 0 Å². The molecule has 2 rings (SSSR count). The van der Waals surface area contributed by atoms with Crippen LogP contribution in [0.5, 0.6) is 0 Å². The maximum absolute atomic E-state index is 10.0. The number of aliphatic hydroxyl groups is 1. The van der Waals surface area contributed by atoms with Gasteiger partial charge in [-0.15, -0.1) is 0 Å². The van der Waals surface area contributed by atoms with Gasteiger partial charge in [-0.1, -0.05) is 30.7 Å². The lowest BCUT2D eigenvalue weighted by Gasteiger charge is -2.13. The van der Waals surface area contributed by atoms with Crippen LogP contribution in [0.3, 0.4) is 0 Å². The molecule has 0 amide bonds. The normalized spacial score (nSPS) is 26.8. The summed E-state index contributed by atoms with van der Waals surface area (Å²) in [5.74, 6) is 1.04. The Hall–Kier alpha value is -0.470. The van der Waals surface area contributed by atoms with Crippen molar-refractivity contribution in [1.82, 2.24) is 0 Å². The van der Waals surface area contributed by atoms with Crippen molar-refractivity contribution in [3.8, 4) is 0 Å². The van der Waals surface area contributed by atoms with Crippen molar-refractivity contribution in [3.63, 3.8) is 0 Å². The number of fused-ring (bicyclic) bond motifs is 1. The Morgan fingerprint density at radius 1 is 1.43 bits per heavy atom. The molecule has 0 aromatic heterocycles. The van der Waals surface area contributed by atoms with E-state index in [2.05, 4.69) is 32.0 Å². The van der Waals surface area contributed by atoms with Crippen LogP contribution in [-0.4, -0.2) is 10.4 Å². The largest absolute Gasteiger partial charge is 0.388 e. The van der Waals surface area contributed by atoms with Crippen molar-refractivity contribution in [3.05, 3.63) is 34.9 Å². The smallest absolute Gasteiger partial charge is 0.0803 e. The van der Waals surface area contributed by atoms with Gasteiger partial charge in [-0.3, -0.25) is 0 Å². The maximum atomic E-state index is 10.0. The predicted molar refractivity (Wildman–Crippen MR) is 61.5 cm³/mol. The molecule has 0 aliphatic carbocycles. The Morgan fingerprint density at radius 2 is 2.21 bits per heavy atom. The third-order valence-electron chi connectivity index (χ3n) is 2.74. The molecular weight excluding hydrogens is 192 g/mol. The van der Waals surface area contributed by atoms with Crippen LogP contribution < -0.4 is 0 Å². The minimum atomic E-state index is -0.269. The Kier molecular flexibility index (Phi) is 2.84. The van der Waals surface area contributed by atoms with Crippen LogP contribution >= 0.6 is 11.8 Å². The molecule has 2 heteroatoms. The predicted octanol–water partition coefficient (Wildman–Crippen LogP) is 3.05. The molecule has 0 bridgehead atoms. The number of benzene rings is 1. The van der Waals surface area contributed by atoms with E-state index in [4.69, 9.17) is 0 Å². The van der Waals surface area contributed by atoms with E-state index >= 15 is 0 Å². The summed E-state index contributed by atoms with van der Waals surface area (Å²) >= 11 is 1.93. The molecular formula is C12H16OS. The van der Waals surface area contributed by atoms with Crippen LogP contribution in [-0.2, 0) is 5.75 Å². The highest BCUT2D eigenvalue weighted by Crippen LogP contribution is 2.34. The Balaban J connectivity index is 2.39. The molecule has 1 aliphatic rings. The molecule has 2 unspecified atom stereocenters. The number of aliphatic hydroxyl groups excluding tert-OH is 1. The standard InChI is InChI=1S/C12H16OS/c1-8-3-4-10-7-14-9(2)6-12(13)11(10)5-8/h3-5,9,12-13H,6-7H2,1-2H3. The van der Waals surface area contributed by atoms with Crippen LogP contribution in [0.4, 0.5) is 0 Å². The van der Waals surface area contributed by atoms with E-state index in [1.165, 1.54) is 11.1 Å². The first-order valence-corrected chi connectivity index (χ1v) is 6.11. The monoisotopic (exact) mass is 208 g/mol. The highest BCUT2D eigenvalue weighted by molar-refractivity contribution is 7.99. The van der Waals surface area contributed by atoms with Gasteiger partial charge < -0.3 is 5.11 Å². The van der Waals surface area contributed by atoms with E-state index in [1.807, 2.05) is 11.8 Å². The summed E-state index contributed by atoms with van der Waals surface area (Å²) in [6.07, 6.45) is 0.607. The van der Waals surface area contributed by atoms with Crippen molar-refractivity contribution in [1.29, 1.82) is 0 Å². The average Bonchev–Trinajstić information content (AvgIpc) is 2.27. The molecule has 1 heterocycles. The second-order valence-corrected chi connectivity index (χ2v) is 5.50. The minimum absolute atomic E-state index is 0.269. The van der Waals surface area contributed by atoms with Gasteiger partial charge in [0.1, 0.15) is 0 Å². The molecule has 0 radical (unpaired) electrons. The van der Waals surface area contributed by atoms with E-state index in [-0.39, 0.29) is 6.10 Å². The van der Waals surface area contributed by atoms with Crippen molar-refractivity contribution >= 4 is 11.8 Å². The lowest BCUT2D eigenvalue weighted by atomic mass is 9.98. The van der Waals surface area contributed by atoms with Gasteiger partial charge in [-0.05, 0) is 24.5 Å². The zero-order valence-electron chi connectivity index (χ0n) is 8.66. The van der Waals surface area contributed by atoms with Crippen LogP contribution in [0.15, 0.2) is 18.2 Å². The average molecular weight is 208 g/mol. The lowest BCUT2D eigenvalue weighted by Crippen LogP contribution is -2.03. The number of hydrogen-bond donors (Lipinski definition) is 1. The number of hydrogen-bond acceptors (Lipinski definition) is 2. The third-order valence-corrected chi connectivity index (χ3v) is 3.98. The van der Waals surface area contributed by atoms with Gasteiger partial charge in [0.05, 0.1) is 6.10 Å². The summed E-state index contributed by atoms with van der Waals surface area (Å²) in [7, 11) is 0.